The number of benzene rings is 1. The fourth-order valence-corrected chi connectivity index (χ4v) is 3.67. The molecule has 1 fully saturated rings. The first-order valence-corrected chi connectivity index (χ1v) is 8.56. The van der Waals surface area contributed by atoms with Crippen molar-refractivity contribution in [1.82, 2.24) is 9.47 Å². The molecule has 3 rings (SSSR count). The van der Waals surface area contributed by atoms with Crippen molar-refractivity contribution in [2.45, 2.75) is 26.1 Å². The van der Waals surface area contributed by atoms with Gasteiger partial charge in [-0.3, -0.25) is 4.79 Å². The third kappa shape index (κ3) is 3.17. The minimum Gasteiger partial charge on any atom is -0.390 e. The number of carbonyl (C=O) groups is 1. The molecule has 0 spiro atoms. The Bertz CT molecular complexity index is 798. The fraction of sp³-hybridized carbons (Fsp3) is 0.526. The number of hydrogen-bond donors (Lipinski definition) is 2. The van der Waals surface area contributed by atoms with Crippen molar-refractivity contribution in [3.05, 3.63) is 35.0 Å². The van der Waals surface area contributed by atoms with Gasteiger partial charge in [-0.15, -0.1) is 0 Å². The minimum absolute atomic E-state index is 0.0962. The summed E-state index contributed by atoms with van der Waals surface area (Å²) in [6.07, 6.45) is -1.77. The Balaban J connectivity index is 1.86. The maximum absolute atomic E-state index is 13.0. The van der Waals surface area contributed by atoms with Crippen LogP contribution < -0.4 is 0 Å². The van der Waals surface area contributed by atoms with Crippen molar-refractivity contribution in [1.29, 1.82) is 0 Å². The average molecular weight is 346 g/mol. The van der Waals surface area contributed by atoms with Crippen LogP contribution in [0.4, 0.5) is 0 Å². The summed E-state index contributed by atoms with van der Waals surface area (Å²) in [5, 5.41) is 20.9. The highest BCUT2D eigenvalue weighted by atomic mass is 16.5. The Morgan fingerprint density at radius 3 is 2.76 bits per heavy atom. The number of amides is 1. The van der Waals surface area contributed by atoms with E-state index < -0.39 is 12.2 Å². The highest BCUT2D eigenvalue weighted by Crippen LogP contribution is 2.27. The fourth-order valence-electron chi connectivity index (χ4n) is 3.67. The van der Waals surface area contributed by atoms with E-state index in [1.54, 1.807) is 11.9 Å². The minimum atomic E-state index is -0.899. The zero-order valence-corrected chi connectivity index (χ0v) is 15.2. The van der Waals surface area contributed by atoms with Gasteiger partial charge in [0.05, 0.1) is 19.3 Å². The molecular formula is C19H26N2O4. The maximum Gasteiger partial charge on any atom is 0.270 e. The smallest absolute Gasteiger partial charge is 0.270 e. The molecule has 2 aromatic rings. The summed E-state index contributed by atoms with van der Waals surface area (Å²) in [6.45, 7) is 4.80. The third-order valence-corrected chi connectivity index (χ3v) is 5.16. The molecule has 136 valence electrons. The molecule has 1 aromatic heterocycles. The number of aliphatic hydroxyl groups excluding tert-OH is 2. The summed E-state index contributed by atoms with van der Waals surface area (Å²) in [4.78, 5) is 14.6. The number of rotatable bonds is 3. The Morgan fingerprint density at radius 1 is 1.32 bits per heavy atom. The summed E-state index contributed by atoms with van der Waals surface area (Å²) < 4.78 is 7.23. The molecule has 2 N–H and O–H groups in total. The van der Waals surface area contributed by atoms with Crippen LogP contribution in [0, 0.1) is 19.8 Å². The van der Waals surface area contributed by atoms with Crippen LogP contribution in [0.1, 0.15) is 21.6 Å². The van der Waals surface area contributed by atoms with E-state index in [0.29, 0.717) is 18.8 Å². The zero-order valence-electron chi connectivity index (χ0n) is 15.2. The summed E-state index contributed by atoms with van der Waals surface area (Å²) in [5.74, 6) is -0.393. The van der Waals surface area contributed by atoms with E-state index >= 15 is 0 Å². The van der Waals surface area contributed by atoms with Gasteiger partial charge in [-0.1, -0.05) is 11.6 Å². The van der Waals surface area contributed by atoms with Gasteiger partial charge in [0.1, 0.15) is 11.8 Å². The normalized spacial score (nSPS) is 23.8. The average Bonchev–Trinajstić information content (AvgIpc) is 2.81. The van der Waals surface area contributed by atoms with Crippen molar-refractivity contribution in [2.24, 2.45) is 13.0 Å². The highest BCUT2D eigenvalue weighted by molar-refractivity contribution is 6.01. The van der Waals surface area contributed by atoms with Gasteiger partial charge in [0.15, 0.2) is 0 Å². The molecule has 1 aliphatic heterocycles. The number of carbonyl (C=O) groups excluding carboxylic acids is 1. The quantitative estimate of drug-likeness (QED) is 0.877. The first-order valence-electron chi connectivity index (χ1n) is 8.56. The van der Waals surface area contributed by atoms with Gasteiger partial charge < -0.3 is 24.4 Å². The van der Waals surface area contributed by atoms with E-state index in [2.05, 4.69) is 6.07 Å². The monoisotopic (exact) mass is 346 g/mol. The molecule has 1 aliphatic rings. The summed E-state index contributed by atoms with van der Waals surface area (Å²) >= 11 is 0. The highest BCUT2D eigenvalue weighted by Gasteiger charge is 2.33. The van der Waals surface area contributed by atoms with Crippen LogP contribution in [0.2, 0.25) is 0 Å². The summed E-state index contributed by atoms with van der Waals surface area (Å²) in [7, 11) is 3.62. The number of ether oxygens (including phenoxy) is 1. The summed E-state index contributed by atoms with van der Waals surface area (Å²) in [6, 6.07) is 6.16. The number of aromatic nitrogens is 1. The first kappa shape index (κ1) is 17.9. The van der Waals surface area contributed by atoms with E-state index in [4.69, 9.17) is 4.74 Å². The maximum atomic E-state index is 13.0. The molecule has 0 aliphatic carbocycles. The number of nitrogens with zero attached hydrogens (tertiary/aromatic N) is 2. The molecule has 25 heavy (non-hydrogen) atoms. The van der Waals surface area contributed by atoms with Crippen molar-refractivity contribution >= 4 is 16.8 Å². The zero-order chi connectivity index (χ0) is 18.3. The van der Waals surface area contributed by atoms with Crippen molar-refractivity contribution in [3.63, 3.8) is 0 Å². The second-order valence-corrected chi connectivity index (χ2v) is 7.09. The lowest BCUT2D eigenvalue weighted by Crippen LogP contribution is -2.49. The molecule has 1 saturated heterocycles. The second kappa shape index (κ2) is 6.78. The second-order valence-electron chi connectivity index (χ2n) is 7.09. The lowest BCUT2D eigenvalue weighted by Gasteiger charge is -2.34. The van der Waals surface area contributed by atoms with Gasteiger partial charge >= 0.3 is 0 Å². The van der Waals surface area contributed by atoms with Crippen LogP contribution in [0.15, 0.2) is 18.2 Å². The number of fused-ring (bicyclic) bond motifs is 1. The molecule has 1 aromatic carbocycles. The molecule has 0 radical (unpaired) electrons. The molecule has 3 atom stereocenters. The third-order valence-electron chi connectivity index (χ3n) is 5.16. The summed E-state index contributed by atoms with van der Waals surface area (Å²) in [5.41, 5.74) is 3.79. The topological polar surface area (TPSA) is 74.9 Å². The van der Waals surface area contributed by atoms with Crippen LogP contribution >= 0.6 is 0 Å². The molecule has 0 unspecified atom stereocenters. The van der Waals surface area contributed by atoms with Gasteiger partial charge in [-0.25, -0.2) is 0 Å². The van der Waals surface area contributed by atoms with Crippen molar-refractivity contribution < 1.29 is 19.7 Å². The van der Waals surface area contributed by atoms with E-state index in [9.17, 15) is 15.0 Å². The van der Waals surface area contributed by atoms with Gasteiger partial charge in [-0.2, -0.15) is 0 Å². The van der Waals surface area contributed by atoms with Crippen LogP contribution in [-0.4, -0.2) is 64.6 Å². The standard InChI is InChI=1S/C19H26N2O4/c1-11-5-6-15-14(7-11)12(2)17(21(15)4)19(24)20(3)8-13-9-25-10-16(22)18(13)23/h5-7,13,16,18,22-23H,8-10H2,1-4H3/t13-,16-,18+/m1/s1. The molecular weight excluding hydrogens is 320 g/mol. The first-order chi connectivity index (χ1) is 11.8. The van der Waals surface area contributed by atoms with E-state index in [1.165, 1.54) is 0 Å². The molecule has 2 heterocycles. The van der Waals surface area contributed by atoms with E-state index in [-0.39, 0.29) is 18.4 Å². The van der Waals surface area contributed by atoms with Crippen LogP contribution in [-0.2, 0) is 11.8 Å². The number of aryl methyl sites for hydroxylation is 3. The van der Waals surface area contributed by atoms with Crippen LogP contribution in [0.25, 0.3) is 10.9 Å². The number of hydrogen-bond acceptors (Lipinski definition) is 4. The van der Waals surface area contributed by atoms with E-state index in [0.717, 1.165) is 22.0 Å². The van der Waals surface area contributed by atoms with Gasteiger partial charge in [0, 0.05) is 37.5 Å². The molecule has 6 nitrogen and oxygen atoms in total. The largest absolute Gasteiger partial charge is 0.390 e. The SMILES string of the molecule is Cc1ccc2c(c1)c(C)c(C(=O)N(C)C[C@@H]1COC[C@@H](O)[C@H]1O)n2C. The predicted molar refractivity (Wildman–Crippen MR) is 95.7 cm³/mol. The predicted octanol–water partition coefficient (Wildman–Crippen LogP) is 1.24. The van der Waals surface area contributed by atoms with Crippen LogP contribution in [0.5, 0.6) is 0 Å². The van der Waals surface area contributed by atoms with Crippen LogP contribution in [0.3, 0.4) is 0 Å². The Labute approximate surface area is 147 Å². The Morgan fingerprint density at radius 2 is 2.04 bits per heavy atom. The Hall–Kier alpha value is -1.89. The van der Waals surface area contributed by atoms with Gasteiger partial charge in [-0.05, 0) is 31.5 Å². The lowest BCUT2D eigenvalue weighted by molar-refractivity contribution is -0.123. The lowest BCUT2D eigenvalue weighted by atomic mass is 9.96. The van der Waals surface area contributed by atoms with Crippen molar-refractivity contribution in [2.75, 3.05) is 26.8 Å². The molecule has 1 amide bonds. The van der Waals surface area contributed by atoms with E-state index in [1.807, 2.05) is 37.6 Å². The van der Waals surface area contributed by atoms with Gasteiger partial charge in [0.25, 0.3) is 5.91 Å². The Kier molecular flexibility index (Phi) is 4.86. The van der Waals surface area contributed by atoms with Gasteiger partial charge in [0.2, 0.25) is 0 Å². The molecule has 0 saturated carbocycles. The molecule has 6 heteroatoms. The van der Waals surface area contributed by atoms with Crippen molar-refractivity contribution in [3.8, 4) is 0 Å². The molecule has 0 bridgehead atoms. The number of aliphatic hydroxyl groups is 2.